The van der Waals surface area contributed by atoms with E-state index < -0.39 is 0 Å². The smallest absolute Gasteiger partial charge is 0.224 e. The molecular weight excluding hydrogens is 358 g/mol. The van der Waals surface area contributed by atoms with Gasteiger partial charge in [0.1, 0.15) is 5.82 Å². The van der Waals surface area contributed by atoms with E-state index in [-0.39, 0.29) is 11.9 Å². The number of aryl methyl sites for hydroxylation is 1. The molecule has 3 rings (SSSR count). The second-order valence-electron chi connectivity index (χ2n) is 6.91. The fraction of sp³-hybridized carbons (Fsp3) is 0.364. The molecule has 0 aliphatic heterocycles. The van der Waals surface area contributed by atoms with Crippen LogP contribution in [-0.4, -0.2) is 15.5 Å². The van der Waals surface area contributed by atoms with Crippen LogP contribution in [0.3, 0.4) is 0 Å². The number of rotatable bonds is 8. The molecule has 0 radical (unpaired) electrons. The number of amides is 1. The molecule has 1 unspecified atom stereocenters. The third-order valence-corrected chi connectivity index (χ3v) is 4.96. The number of para-hydroxylation sites is 2. The molecule has 1 heterocycles. The van der Waals surface area contributed by atoms with E-state index in [1.165, 1.54) is 12.8 Å². The average Bonchev–Trinajstić information content (AvgIpc) is 3.03. The van der Waals surface area contributed by atoms with Gasteiger partial charge in [-0.15, -0.1) is 0 Å². The summed E-state index contributed by atoms with van der Waals surface area (Å²) in [4.78, 5) is 17.3. The molecule has 1 atom stereocenters. The van der Waals surface area contributed by atoms with Gasteiger partial charge >= 0.3 is 0 Å². The third-order valence-electron chi connectivity index (χ3n) is 4.71. The molecular formula is C22H26ClN3O. The topological polar surface area (TPSA) is 46.9 Å². The number of imidazole rings is 1. The summed E-state index contributed by atoms with van der Waals surface area (Å²) in [5, 5.41) is 3.77. The van der Waals surface area contributed by atoms with Crippen LogP contribution in [0.5, 0.6) is 0 Å². The van der Waals surface area contributed by atoms with Gasteiger partial charge in [-0.05, 0) is 43.2 Å². The maximum Gasteiger partial charge on any atom is 0.224 e. The molecule has 142 valence electrons. The minimum absolute atomic E-state index is 0.0167. The van der Waals surface area contributed by atoms with Gasteiger partial charge in [-0.3, -0.25) is 4.79 Å². The SMILES string of the molecule is CCCCCn1c(C(C)NC(=O)Cc2ccc(Cl)cc2)nc2ccccc21. The molecule has 0 saturated heterocycles. The van der Waals surface area contributed by atoms with Crippen LogP contribution < -0.4 is 5.32 Å². The van der Waals surface area contributed by atoms with Crippen molar-refractivity contribution in [2.75, 3.05) is 0 Å². The number of fused-ring (bicyclic) bond motifs is 1. The summed E-state index contributed by atoms with van der Waals surface area (Å²) >= 11 is 5.91. The molecule has 0 aliphatic carbocycles. The van der Waals surface area contributed by atoms with Gasteiger partial charge in [0, 0.05) is 11.6 Å². The van der Waals surface area contributed by atoms with Crippen LogP contribution in [0.4, 0.5) is 0 Å². The van der Waals surface area contributed by atoms with Gasteiger partial charge in [0.25, 0.3) is 0 Å². The Kier molecular flexibility index (Phi) is 6.51. The fourth-order valence-corrected chi connectivity index (χ4v) is 3.45. The highest BCUT2D eigenvalue weighted by Gasteiger charge is 2.18. The normalized spacial score (nSPS) is 12.3. The van der Waals surface area contributed by atoms with Gasteiger partial charge in [-0.2, -0.15) is 0 Å². The lowest BCUT2D eigenvalue weighted by molar-refractivity contribution is -0.121. The standard InChI is InChI=1S/C22H26ClN3O/c1-3-4-7-14-26-20-9-6-5-8-19(20)25-22(26)16(2)24-21(27)15-17-10-12-18(23)13-11-17/h5-6,8-13,16H,3-4,7,14-15H2,1-2H3,(H,24,27). The highest BCUT2D eigenvalue weighted by molar-refractivity contribution is 6.30. The fourth-order valence-electron chi connectivity index (χ4n) is 3.32. The van der Waals surface area contributed by atoms with Crippen molar-refractivity contribution in [2.24, 2.45) is 0 Å². The van der Waals surface area contributed by atoms with Crippen molar-refractivity contribution >= 4 is 28.5 Å². The van der Waals surface area contributed by atoms with Gasteiger partial charge in [0.15, 0.2) is 0 Å². The number of hydrogen-bond acceptors (Lipinski definition) is 2. The van der Waals surface area contributed by atoms with Gasteiger partial charge in [-0.25, -0.2) is 4.98 Å². The Labute approximate surface area is 165 Å². The van der Waals surface area contributed by atoms with Gasteiger partial charge in [-0.1, -0.05) is 55.6 Å². The van der Waals surface area contributed by atoms with Gasteiger partial charge < -0.3 is 9.88 Å². The monoisotopic (exact) mass is 383 g/mol. The molecule has 1 aromatic heterocycles. The first kappa shape index (κ1) is 19.4. The van der Waals surface area contributed by atoms with Gasteiger partial charge in [0.05, 0.1) is 23.5 Å². The van der Waals surface area contributed by atoms with Crippen LogP contribution in [0.25, 0.3) is 11.0 Å². The number of benzene rings is 2. The van der Waals surface area contributed by atoms with Crippen molar-refractivity contribution in [3.05, 3.63) is 64.9 Å². The summed E-state index contributed by atoms with van der Waals surface area (Å²) in [6, 6.07) is 15.4. The Morgan fingerprint density at radius 3 is 2.63 bits per heavy atom. The zero-order valence-corrected chi connectivity index (χ0v) is 16.7. The summed E-state index contributed by atoms with van der Waals surface area (Å²) in [6.07, 6.45) is 3.80. The Morgan fingerprint density at radius 1 is 1.15 bits per heavy atom. The van der Waals surface area contributed by atoms with Crippen molar-refractivity contribution in [1.82, 2.24) is 14.9 Å². The van der Waals surface area contributed by atoms with Crippen LogP contribution in [0, 0.1) is 0 Å². The summed E-state index contributed by atoms with van der Waals surface area (Å²) in [5.41, 5.74) is 3.05. The lowest BCUT2D eigenvalue weighted by atomic mass is 10.1. The van der Waals surface area contributed by atoms with E-state index in [0.717, 1.165) is 35.4 Å². The number of nitrogens with one attached hydrogen (secondary N) is 1. The highest BCUT2D eigenvalue weighted by atomic mass is 35.5. The zero-order chi connectivity index (χ0) is 19.2. The van der Waals surface area contributed by atoms with Crippen molar-refractivity contribution in [3.8, 4) is 0 Å². The lowest BCUT2D eigenvalue weighted by Gasteiger charge is -2.16. The lowest BCUT2D eigenvalue weighted by Crippen LogP contribution is -2.30. The zero-order valence-electron chi connectivity index (χ0n) is 15.9. The number of carbonyl (C=O) groups is 1. The van der Waals surface area contributed by atoms with Crippen LogP contribution in [-0.2, 0) is 17.8 Å². The number of unbranched alkanes of at least 4 members (excludes halogenated alkanes) is 2. The van der Waals surface area contributed by atoms with E-state index in [2.05, 4.69) is 22.9 Å². The number of halogens is 1. The van der Waals surface area contributed by atoms with E-state index in [1.54, 1.807) is 12.1 Å². The molecule has 3 aromatic rings. The summed E-state index contributed by atoms with van der Waals surface area (Å²) < 4.78 is 2.25. The van der Waals surface area contributed by atoms with E-state index >= 15 is 0 Å². The third kappa shape index (κ3) is 4.89. The quantitative estimate of drug-likeness (QED) is 0.536. The van der Waals surface area contributed by atoms with Crippen molar-refractivity contribution in [2.45, 2.75) is 52.1 Å². The summed E-state index contributed by atoms with van der Waals surface area (Å²) in [7, 11) is 0. The van der Waals surface area contributed by atoms with Crippen LogP contribution in [0.1, 0.15) is 50.5 Å². The first-order valence-corrected chi connectivity index (χ1v) is 9.95. The molecule has 0 spiro atoms. The van der Waals surface area contributed by atoms with Crippen molar-refractivity contribution in [1.29, 1.82) is 0 Å². The molecule has 4 nitrogen and oxygen atoms in total. The number of carbonyl (C=O) groups excluding carboxylic acids is 1. The molecule has 27 heavy (non-hydrogen) atoms. The second-order valence-corrected chi connectivity index (χ2v) is 7.35. The van der Waals surface area contributed by atoms with Crippen molar-refractivity contribution < 1.29 is 4.79 Å². The van der Waals surface area contributed by atoms with E-state index in [4.69, 9.17) is 16.6 Å². The Hall–Kier alpha value is -2.33. The number of aromatic nitrogens is 2. The van der Waals surface area contributed by atoms with Crippen LogP contribution in [0.15, 0.2) is 48.5 Å². The molecule has 1 N–H and O–H groups in total. The minimum Gasteiger partial charge on any atom is -0.346 e. The molecule has 0 bridgehead atoms. The molecule has 0 fully saturated rings. The number of hydrogen-bond donors (Lipinski definition) is 1. The second kappa shape index (κ2) is 9.05. The molecule has 2 aromatic carbocycles. The minimum atomic E-state index is -0.154. The maximum atomic E-state index is 12.5. The van der Waals surface area contributed by atoms with E-state index in [9.17, 15) is 4.79 Å². The first-order chi connectivity index (χ1) is 13.1. The van der Waals surface area contributed by atoms with Gasteiger partial charge in [0.2, 0.25) is 5.91 Å². The summed E-state index contributed by atoms with van der Waals surface area (Å²) in [6.45, 7) is 5.12. The van der Waals surface area contributed by atoms with E-state index in [0.29, 0.717) is 11.4 Å². The van der Waals surface area contributed by atoms with Crippen molar-refractivity contribution in [3.63, 3.8) is 0 Å². The Bertz CT molecular complexity index is 902. The molecule has 0 aliphatic rings. The molecule has 0 saturated carbocycles. The predicted molar refractivity (Wildman–Crippen MR) is 111 cm³/mol. The number of nitrogens with zero attached hydrogens (tertiary/aromatic N) is 2. The Morgan fingerprint density at radius 2 is 1.89 bits per heavy atom. The molecule has 5 heteroatoms. The van der Waals surface area contributed by atoms with Crippen LogP contribution >= 0.6 is 11.6 Å². The maximum absolute atomic E-state index is 12.5. The largest absolute Gasteiger partial charge is 0.346 e. The molecule has 1 amide bonds. The highest BCUT2D eigenvalue weighted by Crippen LogP contribution is 2.22. The van der Waals surface area contributed by atoms with Crippen LogP contribution in [0.2, 0.25) is 5.02 Å². The van der Waals surface area contributed by atoms with E-state index in [1.807, 2.05) is 37.3 Å². The first-order valence-electron chi connectivity index (χ1n) is 9.57. The summed E-state index contributed by atoms with van der Waals surface area (Å²) in [5.74, 6) is 0.897. The predicted octanol–water partition coefficient (Wildman–Crippen LogP) is 5.30. The Balaban J connectivity index is 1.75. The average molecular weight is 384 g/mol.